The van der Waals surface area contributed by atoms with Crippen LogP contribution in [0.3, 0.4) is 0 Å². The summed E-state index contributed by atoms with van der Waals surface area (Å²) in [5.74, 6) is -1.26. The van der Waals surface area contributed by atoms with Crippen LogP contribution in [0.4, 0.5) is 23.0 Å². The zero-order valence-electron chi connectivity index (χ0n) is 9.09. The minimum absolute atomic E-state index is 0.000301. The fourth-order valence-corrected chi connectivity index (χ4v) is 1.99. The second-order valence-corrected chi connectivity index (χ2v) is 4.58. The summed E-state index contributed by atoms with van der Waals surface area (Å²) in [5.41, 5.74) is -0.153. The van der Waals surface area contributed by atoms with Crippen LogP contribution >= 0.6 is 11.3 Å². The summed E-state index contributed by atoms with van der Waals surface area (Å²) < 4.78 is 35.5. The van der Waals surface area contributed by atoms with Crippen molar-refractivity contribution in [3.63, 3.8) is 0 Å². The molecule has 1 aromatic rings. The van der Waals surface area contributed by atoms with E-state index in [1.807, 2.05) is 0 Å². The van der Waals surface area contributed by atoms with Crippen molar-refractivity contribution in [2.45, 2.75) is 13.1 Å². The Labute approximate surface area is 104 Å². The van der Waals surface area contributed by atoms with Crippen molar-refractivity contribution in [1.29, 1.82) is 0 Å². The highest BCUT2D eigenvalue weighted by molar-refractivity contribution is 7.16. The zero-order valence-corrected chi connectivity index (χ0v) is 9.91. The van der Waals surface area contributed by atoms with Gasteiger partial charge in [-0.2, -0.15) is 13.2 Å². The fourth-order valence-electron chi connectivity index (χ4n) is 1.09. The van der Waals surface area contributed by atoms with E-state index in [9.17, 15) is 22.8 Å². The number of carbonyl (C=O) groups excluding carboxylic acids is 1. The van der Waals surface area contributed by atoms with Crippen molar-refractivity contribution in [2.75, 3.05) is 11.9 Å². The number of aryl methyl sites for hydroxylation is 1. The van der Waals surface area contributed by atoms with E-state index in [4.69, 9.17) is 5.11 Å². The summed E-state index contributed by atoms with van der Waals surface area (Å²) in [6.07, 6.45) is -4.52. The minimum Gasteiger partial charge on any atom is -0.478 e. The molecule has 0 unspecified atom stereocenters. The molecule has 0 spiro atoms. The number of carbonyl (C=O) groups is 2. The van der Waals surface area contributed by atoms with Gasteiger partial charge in [-0.1, -0.05) is 0 Å². The number of carboxylic acid groups (broad SMARTS) is 1. The molecule has 0 bridgehead atoms. The van der Waals surface area contributed by atoms with Gasteiger partial charge in [0.1, 0.15) is 11.5 Å². The first-order valence-electron chi connectivity index (χ1n) is 4.64. The number of halogens is 3. The number of alkyl halides is 3. The Morgan fingerprint density at radius 3 is 2.56 bits per heavy atom. The first-order valence-corrected chi connectivity index (χ1v) is 5.46. The molecule has 2 amide bonds. The largest absolute Gasteiger partial charge is 0.478 e. The lowest BCUT2D eigenvalue weighted by molar-refractivity contribution is -0.122. The highest BCUT2D eigenvalue weighted by atomic mass is 32.1. The van der Waals surface area contributed by atoms with Crippen LogP contribution in [0.15, 0.2) is 6.07 Å². The van der Waals surface area contributed by atoms with Gasteiger partial charge in [0.15, 0.2) is 0 Å². The van der Waals surface area contributed by atoms with E-state index < -0.39 is 24.7 Å². The highest BCUT2D eigenvalue weighted by Gasteiger charge is 2.28. The monoisotopic (exact) mass is 282 g/mol. The zero-order chi connectivity index (χ0) is 13.9. The topological polar surface area (TPSA) is 78.4 Å². The third-order valence-corrected chi connectivity index (χ3v) is 2.73. The van der Waals surface area contributed by atoms with E-state index in [0.29, 0.717) is 4.88 Å². The lowest BCUT2D eigenvalue weighted by atomic mass is 10.3. The minimum atomic E-state index is -4.52. The molecule has 0 radical (unpaired) electrons. The van der Waals surface area contributed by atoms with Gasteiger partial charge >= 0.3 is 18.2 Å². The van der Waals surface area contributed by atoms with Crippen LogP contribution in [0.2, 0.25) is 0 Å². The standard InChI is InChI=1S/C9H9F3N2O3S/c1-4-2-5(7(15)16)6(18-4)14-8(17)13-3-9(10,11)12/h2H,3H2,1H3,(H,15,16)(H2,13,14,17). The molecule has 3 N–H and O–H groups in total. The Morgan fingerprint density at radius 2 is 2.06 bits per heavy atom. The average Bonchev–Trinajstić information content (AvgIpc) is 2.55. The number of urea groups is 1. The summed E-state index contributed by atoms with van der Waals surface area (Å²) in [5, 5.41) is 12.5. The van der Waals surface area contributed by atoms with Gasteiger partial charge in [0, 0.05) is 4.88 Å². The molecular formula is C9H9F3N2O3S. The van der Waals surface area contributed by atoms with E-state index in [-0.39, 0.29) is 10.6 Å². The van der Waals surface area contributed by atoms with Crippen molar-refractivity contribution < 1.29 is 27.9 Å². The Bertz CT molecular complexity index is 470. The normalized spacial score (nSPS) is 11.1. The number of amides is 2. The number of hydrogen-bond donors (Lipinski definition) is 3. The third-order valence-electron chi connectivity index (χ3n) is 1.76. The van der Waals surface area contributed by atoms with Gasteiger partial charge in [-0.05, 0) is 13.0 Å². The van der Waals surface area contributed by atoms with Gasteiger partial charge in [-0.3, -0.25) is 5.32 Å². The van der Waals surface area contributed by atoms with Crippen LogP contribution < -0.4 is 10.6 Å². The third kappa shape index (κ3) is 4.24. The van der Waals surface area contributed by atoms with Crippen molar-refractivity contribution >= 4 is 28.3 Å². The molecule has 0 aliphatic heterocycles. The summed E-state index contributed by atoms with van der Waals surface area (Å²) in [4.78, 5) is 22.5. The van der Waals surface area contributed by atoms with Crippen LogP contribution in [-0.4, -0.2) is 29.8 Å². The van der Waals surface area contributed by atoms with Crippen molar-refractivity contribution in [2.24, 2.45) is 0 Å². The lowest BCUT2D eigenvalue weighted by Crippen LogP contribution is -2.36. The summed E-state index contributed by atoms with van der Waals surface area (Å²) in [6.45, 7) is 0.140. The van der Waals surface area contributed by atoms with Crippen LogP contribution in [0.1, 0.15) is 15.2 Å². The van der Waals surface area contributed by atoms with E-state index >= 15 is 0 Å². The van der Waals surface area contributed by atoms with Crippen LogP contribution in [0.25, 0.3) is 0 Å². The maximum absolute atomic E-state index is 11.8. The van der Waals surface area contributed by atoms with Gasteiger partial charge in [0.25, 0.3) is 0 Å². The molecule has 9 heteroatoms. The molecule has 18 heavy (non-hydrogen) atoms. The number of anilines is 1. The second kappa shape index (κ2) is 5.25. The first kappa shape index (κ1) is 14.3. The van der Waals surface area contributed by atoms with Gasteiger partial charge in [0.05, 0.1) is 5.56 Å². The van der Waals surface area contributed by atoms with Crippen LogP contribution in [-0.2, 0) is 0 Å². The summed E-state index contributed by atoms with van der Waals surface area (Å²) in [7, 11) is 0. The predicted molar refractivity (Wildman–Crippen MR) is 59.1 cm³/mol. The van der Waals surface area contributed by atoms with Crippen LogP contribution in [0, 0.1) is 6.92 Å². The first-order chi connectivity index (χ1) is 8.19. The van der Waals surface area contributed by atoms with Gasteiger partial charge in [0.2, 0.25) is 0 Å². The van der Waals surface area contributed by atoms with Crippen molar-refractivity contribution in [1.82, 2.24) is 5.32 Å². The second-order valence-electron chi connectivity index (χ2n) is 3.33. The maximum atomic E-state index is 11.8. The molecule has 0 aliphatic rings. The molecule has 100 valence electrons. The number of nitrogens with one attached hydrogen (secondary N) is 2. The van der Waals surface area contributed by atoms with Gasteiger partial charge in [-0.15, -0.1) is 11.3 Å². The lowest BCUT2D eigenvalue weighted by Gasteiger charge is -2.09. The number of thiophene rings is 1. The molecule has 0 saturated heterocycles. The Hall–Kier alpha value is -1.77. The van der Waals surface area contributed by atoms with E-state index in [2.05, 4.69) is 5.32 Å². The summed E-state index contributed by atoms with van der Waals surface area (Å²) in [6, 6.07) is 0.225. The molecule has 5 nitrogen and oxygen atoms in total. The van der Waals surface area contributed by atoms with E-state index in [1.54, 1.807) is 12.2 Å². The van der Waals surface area contributed by atoms with Gasteiger partial charge < -0.3 is 10.4 Å². The smallest absolute Gasteiger partial charge is 0.405 e. The Kier molecular flexibility index (Phi) is 4.17. The molecule has 0 aliphatic carbocycles. The quantitative estimate of drug-likeness (QED) is 0.796. The number of rotatable bonds is 3. The molecule has 1 rings (SSSR count). The molecule has 1 aromatic heterocycles. The van der Waals surface area contributed by atoms with Crippen molar-refractivity contribution in [3.05, 3.63) is 16.5 Å². The average molecular weight is 282 g/mol. The number of hydrogen-bond acceptors (Lipinski definition) is 3. The fraction of sp³-hybridized carbons (Fsp3) is 0.333. The molecule has 0 aromatic carbocycles. The highest BCUT2D eigenvalue weighted by Crippen LogP contribution is 2.27. The Balaban J connectivity index is 2.67. The molecule has 1 heterocycles. The van der Waals surface area contributed by atoms with Crippen molar-refractivity contribution in [3.8, 4) is 0 Å². The number of carboxylic acids is 1. The molecular weight excluding hydrogens is 273 g/mol. The number of aromatic carboxylic acids is 1. The molecule has 0 atom stereocenters. The molecule has 0 fully saturated rings. The van der Waals surface area contributed by atoms with Crippen LogP contribution in [0.5, 0.6) is 0 Å². The summed E-state index contributed by atoms with van der Waals surface area (Å²) >= 11 is 0.970. The van der Waals surface area contributed by atoms with Gasteiger partial charge in [-0.25, -0.2) is 9.59 Å². The van der Waals surface area contributed by atoms with E-state index in [1.165, 1.54) is 6.07 Å². The van der Waals surface area contributed by atoms with E-state index in [0.717, 1.165) is 11.3 Å². The SMILES string of the molecule is Cc1cc(C(=O)O)c(NC(=O)NCC(F)(F)F)s1. The predicted octanol–water partition coefficient (Wildman–Crippen LogP) is 2.44. The maximum Gasteiger partial charge on any atom is 0.405 e. The Morgan fingerprint density at radius 1 is 1.44 bits per heavy atom. The molecule has 0 saturated carbocycles.